The van der Waals surface area contributed by atoms with Crippen LogP contribution in [-0.2, 0) is 12.7 Å². The molecule has 8 nitrogen and oxygen atoms in total. The summed E-state index contributed by atoms with van der Waals surface area (Å²) in [7, 11) is 0. The minimum Gasteiger partial charge on any atom is -0.348 e. The van der Waals surface area contributed by atoms with Gasteiger partial charge in [0.25, 0.3) is 5.91 Å². The van der Waals surface area contributed by atoms with Crippen molar-refractivity contribution in [1.29, 1.82) is 0 Å². The second-order valence-electron chi connectivity index (χ2n) is 9.46. The Hall–Kier alpha value is -4.02. The van der Waals surface area contributed by atoms with E-state index in [9.17, 15) is 18.0 Å². The van der Waals surface area contributed by atoms with Crippen molar-refractivity contribution in [3.8, 4) is 16.8 Å². The molecule has 0 saturated heterocycles. The fourth-order valence-electron chi connectivity index (χ4n) is 3.96. The highest BCUT2D eigenvalue weighted by molar-refractivity contribution is 5.96. The van der Waals surface area contributed by atoms with Gasteiger partial charge in [0.1, 0.15) is 0 Å². The lowest BCUT2D eigenvalue weighted by Crippen LogP contribution is -2.36. The van der Waals surface area contributed by atoms with E-state index in [1.165, 1.54) is 4.68 Å². The van der Waals surface area contributed by atoms with E-state index in [1.807, 2.05) is 51.1 Å². The van der Waals surface area contributed by atoms with Crippen molar-refractivity contribution < 1.29 is 18.0 Å². The lowest BCUT2D eigenvalue weighted by Gasteiger charge is -2.17. The van der Waals surface area contributed by atoms with Gasteiger partial charge in [-0.3, -0.25) is 9.48 Å². The molecular formula is C26H28F3N7O. The van der Waals surface area contributed by atoms with E-state index in [0.29, 0.717) is 22.8 Å². The van der Waals surface area contributed by atoms with E-state index < -0.39 is 17.9 Å². The van der Waals surface area contributed by atoms with E-state index in [0.717, 1.165) is 22.8 Å². The number of carbonyl (C=O) groups excluding carboxylic acids is 1. The van der Waals surface area contributed by atoms with Gasteiger partial charge in [0.2, 0.25) is 0 Å². The van der Waals surface area contributed by atoms with E-state index in [-0.39, 0.29) is 18.4 Å². The number of hydrogen-bond acceptors (Lipinski definition) is 5. The normalized spacial score (nSPS) is 12.7. The summed E-state index contributed by atoms with van der Waals surface area (Å²) in [5, 5.41) is 18.6. The van der Waals surface area contributed by atoms with Crippen LogP contribution >= 0.6 is 0 Å². The molecule has 0 saturated carbocycles. The minimum absolute atomic E-state index is 0.0502. The quantitative estimate of drug-likeness (QED) is 0.373. The Morgan fingerprint density at radius 1 is 1.00 bits per heavy atom. The van der Waals surface area contributed by atoms with Crippen molar-refractivity contribution in [2.24, 2.45) is 0 Å². The second-order valence-corrected chi connectivity index (χ2v) is 9.46. The second kappa shape index (κ2) is 10.2. The van der Waals surface area contributed by atoms with E-state index in [1.54, 1.807) is 30.7 Å². The van der Waals surface area contributed by atoms with Crippen LogP contribution in [0.4, 0.5) is 13.2 Å². The first kappa shape index (κ1) is 26.1. The Kier molecular flexibility index (Phi) is 7.15. The summed E-state index contributed by atoms with van der Waals surface area (Å²) in [6.45, 7) is 9.30. The number of nitrogens with one attached hydrogen (secondary N) is 1. The fourth-order valence-corrected chi connectivity index (χ4v) is 3.96. The summed E-state index contributed by atoms with van der Waals surface area (Å²) in [4.78, 5) is 13.3. The molecule has 1 N–H and O–H groups in total. The number of aryl methyl sites for hydroxylation is 2. The molecule has 1 unspecified atom stereocenters. The average molecular weight is 512 g/mol. The molecule has 11 heteroatoms. The van der Waals surface area contributed by atoms with E-state index in [4.69, 9.17) is 0 Å². The number of benzene rings is 2. The third kappa shape index (κ3) is 5.87. The zero-order valence-electron chi connectivity index (χ0n) is 21.2. The van der Waals surface area contributed by atoms with Gasteiger partial charge in [-0.2, -0.15) is 23.0 Å². The molecule has 194 valence electrons. The maximum atomic E-state index is 13.3. The number of alkyl halides is 3. The predicted octanol–water partition coefficient (Wildman–Crippen LogP) is 5.10. The molecule has 0 spiro atoms. The summed E-state index contributed by atoms with van der Waals surface area (Å²) >= 11 is 0. The Labute approximate surface area is 212 Å². The predicted molar refractivity (Wildman–Crippen MR) is 132 cm³/mol. The SMILES string of the molecule is Cc1ccc(-c2cc(C(=O)NC(C)Cn3nc(C(F)(F)F)cc3C)cc(-n3nnnc3C(C)C)c2)cc1. The van der Waals surface area contributed by atoms with Gasteiger partial charge < -0.3 is 5.32 Å². The molecular weight excluding hydrogens is 483 g/mol. The number of aromatic nitrogens is 6. The van der Waals surface area contributed by atoms with Crippen molar-refractivity contribution in [2.45, 2.75) is 59.3 Å². The molecule has 0 aliphatic rings. The van der Waals surface area contributed by atoms with Crippen LogP contribution in [0.15, 0.2) is 48.5 Å². The maximum Gasteiger partial charge on any atom is 0.435 e. The first-order valence-electron chi connectivity index (χ1n) is 11.9. The van der Waals surface area contributed by atoms with E-state index in [2.05, 4.69) is 25.9 Å². The molecule has 2 aromatic heterocycles. The van der Waals surface area contributed by atoms with Gasteiger partial charge in [0, 0.05) is 23.2 Å². The lowest BCUT2D eigenvalue weighted by molar-refractivity contribution is -0.141. The molecule has 0 aliphatic heterocycles. The molecule has 0 fully saturated rings. The number of nitrogens with zero attached hydrogens (tertiary/aromatic N) is 6. The highest BCUT2D eigenvalue weighted by atomic mass is 19.4. The minimum atomic E-state index is -4.53. The van der Waals surface area contributed by atoms with Crippen molar-refractivity contribution in [3.63, 3.8) is 0 Å². The molecule has 2 aromatic carbocycles. The number of halogens is 3. The number of amides is 1. The average Bonchev–Trinajstić information content (AvgIpc) is 3.46. The van der Waals surface area contributed by atoms with Gasteiger partial charge in [-0.25, -0.2) is 0 Å². The third-order valence-corrected chi connectivity index (χ3v) is 5.92. The number of hydrogen-bond donors (Lipinski definition) is 1. The van der Waals surface area contributed by atoms with Crippen LogP contribution in [0.5, 0.6) is 0 Å². The lowest BCUT2D eigenvalue weighted by atomic mass is 10.00. The zero-order chi connectivity index (χ0) is 26.9. The molecule has 1 amide bonds. The number of rotatable bonds is 7. The van der Waals surface area contributed by atoms with Gasteiger partial charge in [-0.15, -0.1) is 5.10 Å². The zero-order valence-corrected chi connectivity index (χ0v) is 21.2. The van der Waals surface area contributed by atoms with Gasteiger partial charge >= 0.3 is 6.18 Å². The molecule has 2 heterocycles. The molecule has 1 atom stereocenters. The molecule has 0 aliphatic carbocycles. The van der Waals surface area contributed by atoms with Gasteiger partial charge in [0.05, 0.1) is 12.2 Å². The van der Waals surface area contributed by atoms with Crippen LogP contribution in [0, 0.1) is 13.8 Å². The molecule has 37 heavy (non-hydrogen) atoms. The fraction of sp³-hybridized carbons (Fsp3) is 0.346. The first-order valence-corrected chi connectivity index (χ1v) is 11.9. The Balaban J connectivity index is 1.64. The van der Waals surface area contributed by atoms with Gasteiger partial charge in [0.15, 0.2) is 11.5 Å². The van der Waals surface area contributed by atoms with Crippen LogP contribution in [0.25, 0.3) is 16.8 Å². The summed E-state index contributed by atoms with van der Waals surface area (Å²) in [5.74, 6) is 0.326. The molecule has 4 rings (SSSR count). The topological polar surface area (TPSA) is 90.5 Å². The largest absolute Gasteiger partial charge is 0.435 e. The number of carbonyl (C=O) groups is 1. The van der Waals surface area contributed by atoms with Crippen LogP contribution in [0.1, 0.15) is 59.8 Å². The van der Waals surface area contributed by atoms with Crippen LogP contribution in [0.2, 0.25) is 0 Å². The summed E-state index contributed by atoms with van der Waals surface area (Å²) in [6, 6.07) is 13.8. The van der Waals surface area contributed by atoms with Crippen molar-refractivity contribution in [2.75, 3.05) is 0 Å². The highest BCUT2D eigenvalue weighted by Crippen LogP contribution is 2.29. The summed E-state index contributed by atoms with van der Waals surface area (Å²) < 4.78 is 41.9. The number of tetrazole rings is 1. The summed E-state index contributed by atoms with van der Waals surface area (Å²) in [6.07, 6.45) is -4.53. The smallest absolute Gasteiger partial charge is 0.348 e. The summed E-state index contributed by atoms with van der Waals surface area (Å²) in [5.41, 5.74) is 3.23. The monoisotopic (exact) mass is 511 g/mol. The van der Waals surface area contributed by atoms with Gasteiger partial charge in [-0.1, -0.05) is 43.7 Å². The van der Waals surface area contributed by atoms with Crippen molar-refractivity contribution in [1.82, 2.24) is 35.3 Å². The molecule has 4 aromatic rings. The third-order valence-electron chi connectivity index (χ3n) is 5.92. The standard InChI is InChI=1S/C26H28F3N7O/c1-15(2)24-31-33-34-36(24)22-12-20(19-8-6-16(3)7-9-19)11-21(13-22)25(37)30-17(4)14-35-18(5)10-23(32-35)26(27,28)29/h6-13,15,17H,14H2,1-5H3,(H,30,37). The molecule has 0 bridgehead atoms. The first-order chi connectivity index (χ1) is 17.4. The van der Waals surface area contributed by atoms with Crippen molar-refractivity contribution in [3.05, 3.63) is 76.9 Å². The van der Waals surface area contributed by atoms with E-state index >= 15 is 0 Å². The van der Waals surface area contributed by atoms with Crippen LogP contribution < -0.4 is 5.32 Å². The van der Waals surface area contributed by atoms with Gasteiger partial charge in [-0.05, 0) is 66.6 Å². The van der Waals surface area contributed by atoms with Crippen molar-refractivity contribution >= 4 is 5.91 Å². The highest BCUT2D eigenvalue weighted by Gasteiger charge is 2.34. The Morgan fingerprint density at radius 3 is 2.32 bits per heavy atom. The maximum absolute atomic E-state index is 13.3. The van der Waals surface area contributed by atoms with Crippen LogP contribution in [0.3, 0.4) is 0 Å². The van der Waals surface area contributed by atoms with Crippen LogP contribution in [-0.4, -0.2) is 41.9 Å². The Bertz CT molecular complexity index is 1400. The molecule has 0 radical (unpaired) electrons. The Morgan fingerprint density at radius 2 is 1.70 bits per heavy atom.